The fraction of sp³-hybridized carbons (Fsp3) is 0.435. The molecule has 0 saturated carbocycles. The van der Waals surface area contributed by atoms with E-state index in [2.05, 4.69) is 0 Å². The van der Waals surface area contributed by atoms with E-state index in [0.717, 1.165) is 12.0 Å². The predicted octanol–water partition coefficient (Wildman–Crippen LogP) is 4.70. The molecule has 2 aliphatic rings. The van der Waals surface area contributed by atoms with Gasteiger partial charge in [0.1, 0.15) is 11.9 Å². The minimum absolute atomic E-state index is 0.0434. The topological polar surface area (TPSA) is 29.5 Å². The van der Waals surface area contributed by atoms with Crippen LogP contribution in [-0.2, 0) is 16.0 Å². The van der Waals surface area contributed by atoms with Crippen molar-refractivity contribution in [2.45, 2.75) is 44.3 Å². The van der Waals surface area contributed by atoms with Crippen molar-refractivity contribution in [3.8, 4) is 11.1 Å². The van der Waals surface area contributed by atoms with Gasteiger partial charge in [-0.15, -0.1) is 0 Å². The van der Waals surface area contributed by atoms with Gasteiger partial charge in [0, 0.05) is 24.1 Å². The molecule has 2 aromatic carbocycles. The third-order valence-corrected chi connectivity index (χ3v) is 6.11. The summed E-state index contributed by atoms with van der Waals surface area (Å²) in [6.45, 7) is 1.26. The normalized spacial score (nSPS) is 26.1. The van der Waals surface area contributed by atoms with Crippen LogP contribution in [0, 0.1) is 11.7 Å². The third-order valence-electron chi connectivity index (χ3n) is 6.11. The first-order chi connectivity index (χ1) is 13.9. The van der Waals surface area contributed by atoms with Gasteiger partial charge in [0.25, 0.3) is 11.8 Å². The first kappa shape index (κ1) is 20.0. The van der Waals surface area contributed by atoms with Crippen molar-refractivity contribution >= 4 is 5.91 Å². The molecule has 154 valence electrons. The van der Waals surface area contributed by atoms with E-state index in [4.69, 9.17) is 4.74 Å². The smallest absolute Gasteiger partial charge is 0.269 e. The predicted molar refractivity (Wildman–Crippen MR) is 104 cm³/mol. The molecule has 6 heteroatoms. The first-order valence-corrected chi connectivity index (χ1v) is 10.0. The summed E-state index contributed by atoms with van der Waals surface area (Å²) in [6, 6.07) is 13.3. The third kappa shape index (κ3) is 3.78. The zero-order valence-corrected chi connectivity index (χ0v) is 16.3. The molecule has 0 aliphatic carbocycles. The second kappa shape index (κ2) is 7.82. The van der Waals surface area contributed by atoms with Crippen LogP contribution in [0.2, 0.25) is 0 Å². The van der Waals surface area contributed by atoms with Gasteiger partial charge in [0.05, 0.1) is 6.54 Å². The molecule has 2 saturated heterocycles. The number of halogens is 3. The molecular formula is C23H24F3NO2. The summed E-state index contributed by atoms with van der Waals surface area (Å²) in [7, 11) is 0. The van der Waals surface area contributed by atoms with E-state index in [1.54, 1.807) is 18.2 Å². The number of nitrogens with zero attached hydrogens (tertiary/aromatic N) is 1. The van der Waals surface area contributed by atoms with E-state index in [9.17, 15) is 13.6 Å². The molecule has 0 bridgehead atoms. The monoisotopic (exact) mass is 403 g/mol. The lowest BCUT2D eigenvalue weighted by Gasteiger charge is -2.28. The molecule has 2 heterocycles. The molecule has 29 heavy (non-hydrogen) atoms. The summed E-state index contributed by atoms with van der Waals surface area (Å²) in [6.07, 6.45) is 0.662. The van der Waals surface area contributed by atoms with E-state index >= 15 is 4.39 Å². The molecule has 0 radical (unpaired) electrons. The SMILES string of the molecule is C[C@@H]1[C@H](Cc2cccc(-c3ccccc3)c2F)N(C(=O)[C@H]2CCCO2)CC1(F)F. The van der Waals surface area contributed by atoms with Gasteiger partial charge in [0.15, 0.2) is 0 Å². The number of ether oxygens (including phenoxy) is 1. The Hall–Kier alpha value is -2.34. The van der Waals surface area contributed by atoms with Gasteiger partial charge >= 0.3 is 0 Å². The van der Waals surface area contributed by atoms with Gasteiger partial charge in [-0.25, -0.2) is 13.2 Å². The quantitative estimate of drug-likeness (QED) is 0.741. The Kier molecular flexibility index (Phi) is 5.38. The van der Waals surface area contributed by atoms with Crippen LogP contribution in [0.5, 0.6) is 0 Å². The maximum Gasteiger partial charge on any atom is 0.269 e. The average molecular weight is 403 g/mol. The molecule has 1 amide bonds. The summed E-state index contributed by atoms with van der Waals surface area (Å²) >= 11 is 0. The van der Waals surface area contributed by atoms with Crippen LogP contribution in [0.3, 0.4) is 0 Å². The van der Waals surface area contributed by atoms with Crippen LogP contribution < -0.4 is 0 Å². The van der Waals surface area contributed by atoms with E-state index < -0.39 is 42.3 Å². The highest BCUT2D eigenvalue weighted by atomic mass is 19.3. The molecule has 2 fully saturated rings. The van der Waals surface area contributed by atoms with Crippen molar-refractivity contribution in [3.05, 3.63) is 59.9 Å². The zero-order valence-electron chi connectivity index (χ0n) is 16.3. The highest BCUT2D eigenvalue weighted by molar-refractivity contribution is 5.82. The van der Waals surface area contributed by atoms with Crippen LogP contribution in [0.4, 0.5) is 13.2 Å². The van der Waals surface area contributed by atoms with Gasteiger partial charge in [-0.05, 0) is 30.4 Å². The van der Waals surface area contributed by atoms with Gasteiger partial charge < -0.3 is 9.64 Å². The number of amides is 1. The zero-order chi connectivity index (χ0) is 20.6. The Morgan fingerprint density at radius 2 is 1.93 bits per heavy atom. The van der Waals surface area contributed by atoms with Crippen LogP contribution in [-0.4, -0.2) is 42.0 Å². The molecule has 2 aromatic rings. The molecule has 4 rings (SSSR count). The maximum absolute atomic E-state index is 15.2. The largest absolute Gasteiger partial charge is 0.368 e. The fourth-order valence-corrected chi connectivity index (χ4v) is 4.33. The maximum atomic E-state index is 15.2. The highest BCUT2D eigenvalue weighted by Crippen LogP contribution is 2.40. The lowest BCUT2D eigenvalue weighted by atomic mass is 9.91. The van der Waals surface area contributed by atoms with Gasteiger partial charge in [-0.3, -0.25) is 4.79 Å². The number of hydrogen-bond donors (Lipinski definition) is 0. The van der Waals surface area contributed by atoms with Crippen LogP contribution >= 0.6 is 0 Å². The number of hydrogen-bond acceptors (Lipinski definition) is 2. The molecule has 0 spiro atoms. The Balaban J connectivity index is 1.63. The fourth-order valence-electron chi connectivity index (χ4n) is 4.33. The van der Waals surface area contributed by atoms with Crippen molar-refractivity contribution in [2.24, 2.45) is 5.92 Å². The number of benzene rings is 2. The summed E-state index contributed by atoms with van der Waals surface area (Å²) in [4.78, 5) is 14.0. The number of carbonyl (C=O) groups is 1. The minimum Gasteiger partial charge on any atom is -0.368 e. The van der Waals surface area contributed by atoms with Crippen LogP contribution in [0.15, 0.2) is 48.5 Å². The number of likely N-dealkylation sites (tertiary alicyclic amines) is 1. The summed E-state index contributed by atoms with van der Waals surface area (Å²) in [5, 5.41) is 0. The molecular weight excluding hydrogens is 379 g/mol. The molecule has 3 nitrogen and oxygen atoms in total. The molecule has 0 unspecified atom stereocenters. The Morgan fingerprint density at radius 1 is 1.17 bits per heavy atom. The Morgan fingerprint density at radius 3 is 2.62 bits per heavy atom. The first-order valence-electron chi connectivity index (χ1n) is 10.0. The van der Waals surface area contributed by atoms with Crippen molar-refractivity contribution < 1.29 is 22.7 Å². The molecule has 0 N–H and O–H groups in total. The average Bonchev–Trinajstić information content (AvgIpc) is 3.32. The van der Waals surface area contributed by atoms with E-state index in [-0.39, 0.29) is 6.42 Å². The summed E-state index contributed by atoms with van der Waals surface area (Å²) in [5.74, 6) is -4.90. The second-order valence-corrected chi connectivity index (χ2v) is 7.93. The minimum atomic E-state index is -3.01. The Labute approximate surface area is 168 Å². The second-order valence-electron chi connectivity index (χ2n) is 7.93. The Bertz CT molecular complexity index is 881. The summed E-state index contributed by atoms with van der Waals surface area (Å²) < 4.78 is 49.7. The van der Waals surface area contributed by atoms with Crippen LogP contribution in [0.1, 0.15) is 25.3 Å². The highest BCUT2D eigenvalue weighted by Gasteiger charge is 2.54. The van der Waals surface area contributed by atoms with E-state index in [1.807, 2.05) is 30.3 Å². The van der Waals surface area contributed by atoms with E-state index in [1.165, 1.54) is 11.8 Å². The van der Waals surface area contributed by atoms with Crippen LogP contribution in [0.25, 0.3) is 11.1 Å². The van der Waals surface area contributed by atoms with Gasteiger partial charge in [-0.2, -0.15) is 0 Å². The molecule has 0 aromatic heterocycles. The van der Waals surface area contributed by atoms with Crippen molar-refractivity contribution in [2.75, 3.05) is 13.2 Å². The lowest BCUT2D eigenvalue weighted by molar-refractivity contribution is -0.143. The van der Waals surface area contributed by atoms with Gasteiger partial charge in [0.2, 0.25) is 0 Å². The standard InChI is InChI=1S/C23H24F3NO2/c1-15-19(27(14-23(15,25)26)22(28)20-11-6-12-29-20)13-17-9-5-10-18(21(17)24)16-7-3-2-4-8-16/h2-5,7-10,15,19-20H,6,11-14H2,1H3/t15-,19+,20-/m1/s1. The van der Waals surface area contributed by atoms with Crippen molar-refractivity contribution in [3.63, 3.8) is 0 Å². The molecule has 2 aliphatic heterocycles. The summed E-state index contributed by atoms with van der Waals surface area (Å²) in [5.41, 5.74) is 1.49. The van der Waals surface area contributed by atoms with E-state index in [0.29, 0.717) is 24.2 Å². The number of carbonyl (C=O) groups excluding carboxylic acids is 1. The molecule has 3 atom stereocenters. The lowest BCUT2D eigenvalue weighted by Crippen LogP contribution is -2.44. The number of rotatable bonds is 4. The van der Waals surface area contributed by atoms with Crippen molar-refractivity contribution in [1.82, 2.24) is 4.90 Å². The number of alkyl halides is 2. The van der Waals surface area contributed by atoms with Gasteiger partial charge in [-0.1, -0.05) is 55.5 Å². The van der Waals surface area contributed by atoms with Crippen molar-refractivity contribution in [1.29, 1.82) is 0 Å².